The van der Waals surface area contributed by atoms with E-state index in [0.29, 0.717) is 33.8 Å². The van der Waals surface area contributed by atoms with E-state index < -0.39 is 0 Å². The van der Waals surface area contributed by atoms with Crippen LogP contribution in [0, 0.1) is 11.7 Å². The number of carbonyl (C=O) groups is 1. The summed E-state index contributed by atoms with van der Waals surface area (Å²) < 4.78 is 17.8. The number of thioether (sulfide) groups is 1. The van der Waals surface area contributed by atoms with E-state index in [0.717, 1.165) is 20.9 Å². The molecule has 2 heterocycles. The Morgan fingerprint density at radius 2 is 2.00 bits per heavy atom. The van der Waals surface area contributed by atoms with Gasteiger partial charge in [-0.15, -0.1) is 0 Å². The summed E-state index contributed by atoms with van der Waals surface area (Å²) in [7, 11) is 0. The maximum atomic E-state index is 14.2. The number of fused-ring (bicyclic) bond motifs is 1. The predicted molar refractivity (Wildman–Crippen MR) is 130 cm³/mol. The third kappa shape index (κ3) is 4.24. The lowest BCUT2D eigenvalue weighted by Gasteiger charge is -2.16. The molecule has 0 bridgehead atoms. The number of carbonyl (C=O) groups excluding carboxylic acids is 1. The summed E-state index contributed by atoms with van der Waals surface area (Å²) in [6.45, 7) is 5.15. The highest BCUT2D eigenvalue weighted by Crippen LogP contribution is 2.35. The number of amides is 1. The SMILES string of the molecule is CC(C)CN1C(=O)/C(=C/c2cn(Cc3ccccc3F)c3ccc(Br)cc23)SC1=S. The van der Waals surface area contributed by atoms with Crippen molar-refractivity contribution in [2.45, 2.75) is 20.4 Å². The predicted octanol–water partition coefficient (Wildman–Crippen LogP) is 6.45. The molecule has 154 valence electrons. The summed E-state index contributed by atoms with van der Waals surface area (Å²) in [4.78, 5) is 15.2. The Morgan fingerprint density at radius 1 is 1.23 bits per heavy atom. The molecule has 0 spiro atoms. The van der Waals surface area contributed by atoms with Crippen molar-refractivity contribution in [3.05, 3.63) is 75.0 Å². The molecular weight excluding hydrogens is 483 g/mol. The second kappa shape index (κ2) is 8.65. The van der Waals surface area contributed by atoms with E-state index >= 15 is 0 Å². The number of benzene rings is 2. The monoisotopic (exact) mass is 502 g/mol. The van der Waals surface area contributed by atoms with Crippen molar-refractivity contribution in [1.82, 2.24) is 9.47 Å². The fraction of sp³-hybridized carbons (Fsp3) is 0.217. The summed E-state index contributed by atoms with van der Waals surface area (Å²) in [5, 5.41) is 0.995. The maximum Gasteiger partial charge on any atom is 0.266 e. The second-order valence-electron chi connectivity index (χ2n) is 7.65. The molecule has 1 fully saturated rings. The van der Waals surface area contributed by atoms with Crippen LogP contribution in [0.25, 0.3) is 17.0 Å². The van der Waals surface area contributed by atoms with Crippen LogP contribution >= 0.6 is 39.9 Å². The lowest BCUT2D eigenvalue weighted by molar-refractivity contribution is -0.122. The van der Waals surface area contributed by atoms with Crippen LogP contribution in [0.15, 0.2) is 58.0 Å². The van der Waals surface area contributed by atoms with Crippen LogP contribution in [0.3, 0.4) is 0 Å². The van der Waals surface area contributed by atoms with Gasteiger partial charge in [0.2, 0.25) is 0 Å². The van der Waals surface area contributed by atoms with Gasteiger partial charge in [0.05, 0.1) is 11.4 Å². The van der Waals surface area contributed by atoms with E-state index in [1.807, 2.05) is 41.1 Å². The van der Waals surface area contributed by atoms with Crippen LogP contribution in [-0.4, -0.2) is 26.2 Å². The molecule has 3 nitrogen and oxygen atoms in total. The number of rotatable bonds is 5. The molecule has 1 aliphatic heterocycles. The van der Waals surface area contributed by atoms with Crippen LogP contribution < -0.4 is 0 Å². The zero-order chi connectivity index (χ0) is 21.4. The molecule has 1 aromatic heterocycles. The fourth-order valence-corrected chi connectivity index (χ4v) is 5.14. The summed E-state index contributed by atoms with van der Waals surface area (Å²) in [6.07, 6.45) is 3.87. The molecule has 0 saturated carbocycles. The van der Waals surface area contributed by atoms with E-state index in [1.54, 1.807) is 17.0 Å². The van der Waals surface area contributed by atoms with E-state index in [4.69, 9.17) is 12.2 Å². The van der Waals surface area contributed by atoms with Gasteiger partial charge in [0.1, 0.15) is 10.1 Å². The topological polar surface area (TPSA) is 25.2 Å². The Morgan fingerprint density at radius 3 is 2.73 bits per heavy atom. The minimum atomic E-state index is -0.229. The van der Waals surface area contributed by atoms with Crippen LogP contribution in [0.2, 0.25) is 0 Å². The number of halogens is 2. The first-order valence-electron chi connectivity index (χ1n) is 9.60. The molecule has 0 unspecified atom stereocenters. The smallest absolute Gasteiger partial charge is 0.266 e. The average Bonchev–Trinajstić information content (AvgIpc) is 3.15. The molecule has 4 rings (SSSR count). The van der Waals surface area contributed by atoms with Gasteiger partial charge in [-0.2, -0.15) is 0 Å². The van der Waals surface area contributed by atoms with Gasteiger partial charge >= 0.3 is 0 Å². The first-order valence-corrected chi connectivity index (χ1v) is 11.6. The Hall–Kier alpha value is -1.96. The number of thiocarbonyl (C=S) groups is 1. The molecule has 30 heavy (non-hydrogen) atoms. The lowest BCUT2D eigenvalue weighted by Crippen LogP contribution is -2.31. The summed E-state index contributed by atoms with van der Waals surface area (Å²) >= 11 is 10.3. The molecule has 1 saturated heterocycles. The van der Waals surface area contributed by atoms with Gasteiger partial charge in [0, 0.05) is 39.2 Å². The van der Waals surface area contributed by atoms with Crippen molar-refractivity contribution in [3.8, 4) is 0 Å². The van der Waals surface area contributed by atoms with Crippen molar-refractivity contribution >= 4 is 67.1 Å². The summed E-state index contributed by atoms with van der Waals surface area (Å²) in [6, 6.07) is 12.8. The van der Waals surface area contributed by atoms with Gasteiger partial charge in [-0.1, -0.05) is 72.0 Å². The molecule has 3 aromatic rings. The molecule has 0 radical (unpaired) electrons. The van der Waals surface area contributed by atoms with Gasteiger partial charge < -0.3 is 4.57 Å². The first kappa shape index (κ1) is 21.3. The second-order valence-corrected chi connectivity index (χ2v) is 10.2. The van der Waals surface area contributed by atoms with Gasteiger partial charge in [-0.25, -0.2) is 4.39 Å². The van der Waals surface area contributed by atoms with Crippen LogP contribution in [0.5, 0.6) is 0 Å². The van der Waals surface area contributed by atoms with Gasteiger partial charge in [-0.3, -0.25) is 9.69 Å². The molecule has 1 aliphatic rings. The van der Waals surface area contributed by atoms with Crippen LogP contribution in [-0.2, 0) is 11.3 Å². The standard InChI is InChI=1S/C23H20BrFN2OS2/c1-14(2)11-27-22(28)21(30-23(27)29)9-16-13-26(12-15-5-3-4-6-19(15)25)20-8-7-17(24)10-18(16)20/h3-10,13-14H,11-12H2,1-2H3/b21-9-. The quantitative estimate of drug-likeness (QED) is 0.296. The number of aromatic nitrogens is 1. The third-order valence-corrected chi connectivity index (χ3v) is 6.75. The lowest BCUT2D eigenvalue weighted by atomic mass is 10.1. The van der Waals surface area contributed by atoms with Gasteiger partial charge in [0.25, 0.3) is 5.91 Å². The highest BCUT2D eigenvalue weighted by molar-refractivity contribution is 9.10. The Labute approximate surface area is 193 Å². The average molecular weight is 503 g/mol. The van der Waals surface area contributed by atoms with Crippen LogP contribution in [0.1, 0.15) is 25.0 Å². The van der Waals surface area contributed by atoms with Gasteiger partial charge in [-0.05, 0) is 36.3 Å². The minimum absolute atomic E-state index is 0.0521. The Bertz CT molecular complexity index is 1190. The van der Waals surface area contributed by atoms with Crippen molar-refractivity contribution < 1.29 is 9.18 Å². The summed E-state index contributed by atoms with van der Waals surface area (Å²) in [5.41, 5.74) is 2.50. The van der Waals surface area contributed by atoms with E-state index in [9.17, 15) is 9.18 Å². The van der Waals surface area contributed by atoms with Gasteiger partial charge in [0.15, 0.2) is 0 Å². The Kier molecular flexibility index (Phi) is 6.14. The molecule has 0 N–H and O–H groups in total. The van der Waals surface area contributed by atoms with Crippen molar-refractivity contribution in [1.29, 1.82) is 0 Å². The molecule has 7 heteroatoms. The normalized spacial score (nSPS) is 15.9. The van der Waals surface area contributed by atoms with Crippen LogP contribution in [0.4, 0.5) is 4.39 Å². The molecule has 0 aliphatic carbocycles. The van der Waals surface area contributed by atoms with Crippen molar-refractivity contribution in [3.63, 3.8) is 0 Å². The molecule has 0 atom stereocenters. The maximum absolute atomic E-state index is 14.2. The van der Waals surface area contributed by atoms with Crippen molar-refractivity contribution in [2.75, 3.05) is 6.54 Å². The number of nitrogens with zero attached hydrogens (tertiary/aromatic N) is 2. The highest BCUT2D eigenvalue weighted by Gasteiger charge is 2.32. The summed E-state index contributed by atoms with van der Waals surface area (Å²) in [5.74, 6) is 0.0572. The third-order valence-electron chi connectivity index (χ3n) is 4.88. The zero-order valence-electron chi connectivity index (χ0n) is 16.6. The zero-order valence-corrected chi connectivity index (χ0v) is 19.8. The first-order chi connectivity index (χ1) is 14.3. The largest absolute Gasteiger partial charge is 0.342 e. The number of hydrogen-bond acceptors (Lipinski definition) is 3. The minimum Gasteiger partial charge on any atom is -0.342 e. The molecule has 2 aromatic carbocycles. The van der Waals surface area contributed by atoms with Crippen molar-refractivity contribution in [2.24, 2.45) is 5.92 Å². The highest BCUT2D eigenvalue weighted by atomic mass is 79.9. The number of hydrogen-bond donors (Lipinski definition) is 0. The van der Waals surface area contributed by atoms with E-state index in [-0.39, 0.29) is 11.7 Å². The van der Waals surface area contributed by atoms with E-state index in [1.165, 1.54) is 17.8 Å². The molecular formula is C23H20BrFN2OS2. The Balaban J connectivity index is 1.75. The van der Waals surface area contributed by atoms with E-state index in [2.05, 4.69) is 29.8 Å². The molecule has 1 amide bonds. The fourth-order valence-electron chi connectivity index (χ4n) is 3.52.